The van der Waals surface area contributed by atoms with Crippen LogP contribution in [-0.4, -0.2) is 42.6 Å². The molecule has 0 bridgehead atoms. The molecule has 1 saturated heterocycles. The molecule has 1 heterocycles. The third-order valence-corrected chi connectivity index (χ3v) is 5.32. The lowest BCUT2D eigenvalue weighted by atomic mass is 9.61. The Morgan fingerprint density at radius 1 is 1.37 bits per heavy atom. The predicted molar refractivity (Wildman–Crippen MR) is 73.6 cm³/mol. The second kappa shape index (κ2) is 5.06. The zero-order chi connectivity index (χ0) is 13.5. The maximum absolute atomic E-state index is 12.9. The molecule has 2 unspecified atom stereocenters. The van der Waals surface area contributed by atoms with Crippen molar-refractivity contribution in [3.05, 3.63) is 0 Å². The number of rotatable bonds is 2. The van der Waals surface area contributed by atoms with Gasteiger partial charge >= 0.3 is 0 Å². The van der Waals surface area contributed by atoms with Crippen molar-refractivity contribution in [3.8, 4) is 0 Å². The van der Waals surface area contributed by atoms with E-state index >= 15 is 0 Å². The number of nitrogens with two attached hydrogens (primary N) is 1. The maximum Gasteiger partial charge on any atom is 0.230 e. The summed E-state index contributed by atoms with van der Waals surface area (Å²) < 4.78 is 5.86. The summed E-state index contributed by atoms with van der Waals surface area (Å²) in [5.41, 5.74) is 5.68. The Balaban J connectivity index is 1.74. The zero-order valence-corrected chi connectivity index (χ0v) is 11.9. The minimum absolute atomic E-state index is 0.251. The molecule has 2 N–H and O–H groups in total. The summed E-state index contributed by atoms with van der Waals surface area (Å²) in [4.78, 5) is 15.0. The quantitative estimate of drug-likeness (QED) is 0.824. The van der Waals surface area contributed by atoms with Crippen molar-refractivity contribution >= 4 is 5.91 Å². The van der Waals surface area contributed by atoms with Gasteiger partial charge in [0.25, 0.3) is 0 Å². The van der Waals surface area contributed by atoms with Crippen LogP contribution in [0.2, 0.25) is 0 Å². The molecule has 3 fully saturated rings. The van der Waals surface area contributed by atoms with Gasteiger partial charge in [0.05, 0.1) is 24.2 Å². The molecule has 3 rings (SSSR count). The number of carbonyl (C=O) groups excluding carboxylic acids is 1. The van der Waals surface area contributed by atoms with E-state index in [2.05, 4.69) is 11.8 Å². The van der Waals surface area contributed by atoms with Crippen molar-refractivity contribution in [2.24, 2.45) is 17.1 Å². The Morgan fingerprint density at radius 3 is 2.79 bits per heavy atom. The van der Waals surface area contributed by atoms with Gasteiger partial charge in [-0.15, -0.1) is 0 Å². The molecular weight excluding hydrogens is 240 g/mol. The normalized spacial score (nSPS) is 42.4. The van der Waals surface area contributed by atoms with E-state index in [4.69, 9.17) is 10.5 Å². The van der Waals surface area contributed by atoms with Gasteiger partial charge in [-0.25, -0.2) is 0 Å². The number of amides is 1. The standard InChI is InChI=1S/C15H26N2O2/c1-11-8-15(9-11,10-16)14(18)17-6-7-19-13-5-3-2-4-12(13)17/h11-13H,2-10,16H2,1H3. The van der Waals surface area contributed by atoms with Crippen LogP contribution in [0, 0.1) is 11.3 Å². The van der Waals surface area contributed by atoms with Crippen molar-refractivity contribution in [2.45, 2.75) is 57.6 Å². The van der Waals surface area contributed by atoms with Gasteiger partial charge in [-0.3, -0.25) is 4.79 Å². The molecule has 0 aromatic rings. The number of fused-ring (bicyclic) bond motifs is 1. The van der Waals surface area contributed by atoms with Crippen LogP contribution < -0.4 is 5.73 Å². The number of carbonyl (C=O) groups is 1. The van der Waals surface area contributed by atoms with Crippen LogP contribution in [0.4, 0.5) is 0 Å². The van der Waals surface area contributed by atoms with Crippen LogP contribution in [0.15, 0.2) is 0 Å². The van der Waals surface area contributed by atoms with E-state index in [1.54, 1.807) is 0 Å². The number of hydrogen-bond acceptors (Lipinski definition) is 3. The fraction of sp³-hybridized carbons (Fsp3) is 0.933. The molecule has 4 heteroatoms. The highest BCUT2D eigenvalue weighted by Crippen LogP contribution is 2.47. The first kappa shape index (κ1) is 13.4. The highest BCUT2D eigenvalue weighted by atomic mass is 16.5. The van der Waals surface area contributed by atoms with Crippen molar-refractivity contribution in [1.82, 2.24) is 4.90 Å². The molecule has 3 aliphatic rings. The lowest BCUT2D eigenvalue weighted by Gasteiger charge is -2.51. The monoisotopic (exact) mass is 266 g/mol. The molecule has 2 aliphatic carbocycles. The summed E-state index contributed by atoms with van der Waals surface area (Å²) in [5, 5.41) is 0. The molecule has 19 heavy (non-hydrogen) atoms. The molecule has 108 valence electrons. The lowest BCUT2D eigenvalue weighted by Crippen LogP contribution is -2.62. The first-order valence-electron chi connectivity index (χ1n) is 7.79. The number of ether oxygens (including phenoxy) is 1. The Labute approximate surface area is 115 Å². The molecule has 0 radical (unpaired) electrons. The van der Waals surface area contributed by atoms with Crippen LogP contribution in [0.3, 0.4) is 0 Å². The van der Waals surface area contributed by atoms with Crippen LogP contribution in [-0.2, 0) is 9.53 Å². The fourth-order valence-electron chi connectivity index (χ4n) is 4.36. The number of hydrogen-bond donors (Lipinski definition) is 1. The van der Waals surface area contributed by atoms with Crippen molar-refractivity contribution < 1.29 is 9.53 Å². The molecule has 2 saturated carbocycles. The van der Waals surface area contributed by atoms with Gasteiger partial charge in [-0.2, -0.15) is 0 Å². The first-order chi connectivity index (χ1) is 9.16. The van der Waals surface area contributed by atoms with Crippen molar-refractivity contribution in [3.63, 3.8) is 0 Å². The Morgan fingerprint density at radius 2 is 2.11 bits per heavy atom. The van der Waals surface area contributed by atoms with Crippen LogP contribution in [0.25, 0.3) is 0 Å². The molecule has 1 aliphatic heterocycles. The summed E-state index contributed by atoms with van der Waals surface area (Å²) in [6.07, 6.45) is 6.89. The number of morpholine rings is 1. The Hall–Kier alpha value is -0.610. The summed E-state index contributed by atoms with van der Waals surface area (Å²) >= 11 is 0. The molecule has 0 aromatic heterocycles. The third kappa shape index (κ3) is 2.19. The topological polar surface area (TPSA) is 55.6 Å². The van der Waals surface area contributed by atoms with Crippen molar-refractivity contribution in [2.75, 3.05) is 19.7 Å². The van der Waals surface area contributed by atoms with E-state index in [-0.39, 0.29) is 11.5 Å². The van der Waals surface area contributed by atoms with Crippen LogP contribution >= 0.6 is 0 Å². The van der Waals surface area contributed by atoms with Gasteiger partial charge < -0.3 is 15.4 Å². The highest BCUT2D eigenvalue weighted by molar-refractivity contribution is 5.84. The zero-order valence-electron chi connectivity index (χ0n) is 11.9. The average Bonchev–Trinajstić information content (AvgIpc) is 2.42. The van der Waals surface area contributed by atoms with Gasteiger partial charge in [-0.05, 0) is 31.6 Å². The molecule has 1 amide bonds. The lowest BCUT2D eigenvalue weighted by molar-refractivity contribution is -0.167. The smallest absolute Gasteiger partial charge is 0.230 e. The fourth-order valence-corrected chi connectivity index (χ4v) is 4.36. The van der Waals surface area contributed by atoms with Gasteiger partial charge in [0, 0.05) is 13.1 Å². The molecule has 0 aromatic carbocycles. The Bertz CT molecular complexity index is 350. The molecule has 2 atom stereocenters. The first-order valence-corrected chi connectivity index (χ1v) is 7.79. The van der Waals surface area contributed by atoms with Crippen molar-refractivity contribution in [1.29, 1.82) is 0 Å². The van der Waals surface area contributed by atoms with E-state index in [0.29, 0.717) is 31.0 Å². The van der Waals surface area contributed by atoms with Gasteiger partial charge in [0.2, 0.25) is 5.91 Å². The van der Waals surface area contributed by atoms with E-state index < -0.39 is 0 Å². The average molecular weight is 266 g/mol. The van der Waals surface area contributed by atoms with Crippen LogP contribution in [0.5, 0.6) is 0 Å². The minimum atomic E-state index is -0.251. The van der Waals surface area contributed by atoms with E-state index in [0.717, 1.165) is 32.2 Å². The van der Waals surface area contributed by atoms with Gasteiger partial charge in [0.1, 0.15) is 0 Å². The summed E-state index contributed by atoms with van der Waals surface area (Å²) in [6.45, 7) is 4.17. The second-order valence-electron chi connectivity index (χ2n) is 6.76. The Kier molecular flexibility index (Phi) is 3.56. The summed E-state index contributed by atoms with van der Waals surface area (Å²) in [5.74, 6) is 0.962. The van der Waals surface area contributed by atoms with E-state index in [9.17, 15) is 4.79 Å². The number of nitrogens with zero attached hydrogens (tertiary/aromatic N) is 1. The van der Waals surface area contributed by atoms with Gasteiger partial charge in [0.15, 0.2) is 0 Å². The van der Waals surface area contributed by atoms with E-state index in [1.807, 2.05) is 0 Å². The predicted octanol–water partition coefficient (Wildman–Crippen LogP) is 1.53. The third-order valence-electron chi connectivity index (χ3n) is 5.32. The van der Waals surface area contributed by atoms with E-state index in [1.165, 1.54) is 12.8 Å². The largest absolute Gasteiger partial charge is 0.374 e. The maximum atomic E-state index is 12.9. The molecule has 4 nitrogen and oxygen atoms in total. The van der Waals surface area contributed by atoms with Gasteiger partial charge in [-0.1, -0.05) is 19.8 Å². The molecule has 0 spiro atoms. The highest BCUT2D eigenvalue weighted by Gasteiger charge is 2.51. The van der Waals surface area contributed by atoms with Crippen LogP contribution in [0.1, 0.15) is 45.4 Å². The second-order valence-corrected chi connectivity index (χ2v) is 6.76. The minimum Gasteiger partial charge on any atom is -0.374 e. The molecular formula is C15H26N2O2. The summed E-state index contributed by atoms with van der Waals surface area (Å²) in [6, 6.07) is 0.314. The summed E-state index contributed by atoms with van der Waals surface area (Å²) in [7, 11) is 0. The SMILES string of the molecule is CC1CC(CN)(C(=O)N2CCOC3CCCCC32)C1.